The van der Waals surface area contributed by atoms with Gasteiger partial charge in [0.2, 0.25) is 0 Å². The predicted octanol–water partition coefficient (Wildman–Crippen LogP) is 3.44. The minimum atomic E-state index is 0.701. The van der Waals surface area contributed by atoms with Gasteiger partial charge >= 0.3 is 0 Å². The maximum absolute atomic E-state index is 4.80. The second-order valence-corrected chi connectivity index (χ2v) is 6.58. The molecule has 0 aromatic heterocycles. The number of hydrogen-bond acceptors (Lipinski definition) is 4. The van der Waals surface area contributed by atoms with Gasteiger partial charge in [-0.25, -0.2) is 4.99 Å². The van der Waals surface area contributed by atoms with Gasteiger partial charge in [-0.15, -0.1) is 0 Å². The summed E-state index contributed by atoms with van der Waals surface area (Å²) in [5.41, 5.74) is 5.25. The van der Waals surface area contributed by atoms with Gasteiger partial charge in [0.1, 0.15) is 5.82 Å². The molecular formula is C20H29N5. The fourth-order valence-corrected chi connectivity index (χ4v) is 2.76. The summed E-state index contributed by atoms with van der Waals surface area (Å²) in [5, 5.41) is 0. The Morgan fingerprint density at radius 3 is 2.28 bits per heavy atom. The Morgan fingerprint density at radius 2 is 1.76 bits per heavy atom. The first-order chi connectivity index (χ1) is 11.7. The summed E-state index contributed by atoms with van der Waals surface area (Å²) in [6.45, 7) is 10.4. The van der Waals surface area contributed by atoms with Crippen molar-refractivity contribution in [3.05, 3.63) is 54.5 Å². The molecule has 1 aromatic carbocycles. The van der Waals surface area contributed by atoms with E-state index in [0.717, 1.165) is 34.2 Å². The van der Waals surface area contributed by atoms with Crippen LogP contribution in [0.5, 0.6) is 0 Å². The molecule has 1 heterocycles. The number of rotatable bonds is 3. The van der Waals surface area contributed by atoms with E-state index < -0.39 is 0 Å². The lowest BCUT2D eigenvalue weighted by atomic mass is 10.1. The van der Waals surface area contributed by atoms with Crippen LogP contribution in [0.1, 0.15) is 12.5 Å². The average Bonchev–Trinajstić information content (AvgIpc) is 2.64. The molecule has 5 nitrogen and oxygen atoms in total. The van der Waals surface area contributed by atoms with Gasteiger partial charge < -0.3 is 19.6 Å². The molecule has 0 saturated heterocycles. The van der Waals surface area contributed by atoms with E-state index in [9.17, 15) is 0 Å². The van der Waals surface area contributed by atoms with Crippen molar-refractivity contribution in [2.45, 2.75) is 6.92 Å². The van der Waals surface area contributed by atoms with E-state index in [0.29, 0.717) is 5.82 Å². The van der Waals surface area contributed by atoms with Crippen LogP contribution in [-0.2, 0) is 0 Å². The summed E-state index contributed by atoms with van der Waals surface area (Å²) >= 11 is 0. The number of hydrogen-bond donors (Lipinski definition) is 0. The smallest absolute Gasteiger partial charge is 0.158 e. The average molecular weight is 339 g/mol. The Labute approximate surface area is 151 Å². The number of anilines is 2. The lowest BCUT2D eigenvalue weighted by Crippen LogP contribution is -2.32. The first-order valence-corrected chi connectivity index (χ1v) is 8.28. The van der Waals surface area contributed by atoms with Crippen LogP contribution in [0.25, 0.3) is 5.70 Å². The van der Waals surface area contributed by atoms with Crippen LogP contribution in [-0.4, -0.2) is 57.9 Å². The third-order valence-corrected chi connectivity index (χ3v) is 4.51. The molecule has 0 fully saturated rings. The summed E-state index contributed by atoms with van der Waals surface area (Å²) in [7, 11) is 12.0. The monoisotopic (exact) mass is 339 g/mol. The van der Waals surface area contributed by atoms with E-state index in [1.807, 2.05) is 54.1 Å². The van der Waals surface area contributed by atoms with Crippen LogP contribution in [0.4, 0.5) is 11.4 Å². The minimum Gasteiger partial charge on any atom is -0.378 e. The van der Waals surface area contributed by atoms with Crippen molar-refractivity contribution in [3.63, 3.8) is 0 Å². The predicted molar refractivity (Wildman–Crippen MR) is 110 cm³/mol. The number of benzene rings is 1. The topological polar surface area (TPSA) is 25.3 Å². The second kappa shape index (κ2) is 7.05. The molecule has 0 atom stereocenters. The zero-order chi connectivity index (χ0) is 18.9. The number of likely N-dealkylation sites (N-methyl/N-ethyl adjacent to an activating group) is 2. The molecule has 0 bridgehead atoms. The quantitative estimate of drug-likeness (QED) is 0.842. The van der Waals surface area contributed by atoms with Gasteiger partial charge in [-0.05, 0) is 25.1 Å². The van der Waals surface area contributed by atoms with E-state index in [4.69, 9.17) is 4.99 Å². The Balaban J connectivity index is 2.72. The molecule has 0 amide bonds. The summed E-state index contributed by atoms with van der Waals surface area (Å²) in [6.07, 6.45) is 2.06. The van der Waals surface area contributed by atoms with Gasteiger partial charge in [-0.1, -0.05) is 19.2 Å². The van der Waals surface area contributed by atoms with Crippen LogP contribution in [0.15, 0.2) is 53.9 Å². The zero-order valence-corrected chi connectivity index (χ0v) is 16.5. The van der Waals surface area contributed by atoms with Crippen LogP contribution in [0.2, 0.25) is 0 Å². The van der Waals surface area contributed by atoms with E-state index in [1.165, 1.54) is 0 Å². The Kier molecular flexibility index (Phi) is 5.26. The third-order valence-electron chi connectivity index (χ3n) is 4.51. The number of fused-ring (bicyclic) bond motifs is 1. The lowest BCUT2D eigenvalue weighted by Gasteiger charge is -2.26. The van der Waals surface area contributed by atoms with E-state index in [2.05, 4.69) is 52.1 Å². The van der Waals surface area contributed by atoms with Crippen molar-refractivity contribution >= 4 is 22.9 Å². The second-order valence-electron chi connectivity index (χ2n) is 6.58. The molecule has 25 heavy (non-hydrogen) atoms. The number of nitrogens with zero attached hydrogens (tertiary/aromatic N) is 5. The normalized spacial score (nSPS) is 17.6. The van der Waals surface area contributed by atoms with Crippen molar-refractivity contribution in [1.82, 2.24) is 9.80 Å². The fourth-order valence-electron chi connectivity index (χ4n) is 2.76. The molecule has 1 aliphatic heterocycles. The van der Waals surface area contributed by atoms with E-state index in [-0.39, 0.29) is 0 Å². The van der Waals surface area contributed by atoms with E-state index in [1.54, 1.807) is 0 Å². The maximum Gasteiger partial charge on any atom is 0.158 e. The summed E-state index contributed by atoms with van der Waals surface area (Å²) in [6, 6.07) is 6.40. The SMILES string of the molecule is C=C(/N=C1\C(=C/C)N(C)C(=C)c2ccc(N(C)C)cc2N1C)N(C)C. The molecule has 5 heteroatoms. The van der Waals surface area contributed by atoms with Crippen molar-refractivity contribution in [2.24, 2.45) is 4.99 Å². The van der Waals surface area contributed by atoms with Crippen LogP contribution >= 0.6 is 0 Å². The van der Waals surface area contributed by atoms with Gasteiger partial charge in [-0.2, -0.15) is 0 Å². The summed E-state index contributed by atoms with van der Waals surface area (Å²) in [4.78, 5) is 13.0. The van der Waals surface area contributed by atoms with Crippen LogP contribution in [0.3, 0.4) is 0 Å². The van der Waals surface area contributed by atoms with Crippen molar-refractivity contribution in [1.29, 1.82) is 0 Å². The lowest BCUT2D eigenvalue weighted by molar-refractivity contribution is 0.508. The first kappa shape index (κ1) is 18.6. The van der Waals surface area contributed by atoms with Gasteiger partial charge in [0.25, 0.3) is 0 Å². The number of aliphatic imine (C=N–C) groups is 1. The molecule has 134 valence electrons. The maximum atomic E-state index is 4.80. The zero-order valence-electron chi connectivity index (χ0n) is 16.5. The van der Waals surface area contributed by atoms with Gasteiger partial charge in [0.05, 0.1) is 11.4 Å². The molecule has 0 N–H and O–H groups in total. The summed E-state index contributed by atoms with van der Waals surface area (Å²) in [5.74, 6) is 1.55. The molecule has 0 aliphatic carbocycles. The molecule has 0 radical (unpaired) electrons. The molecule has 0 saturated carbocycles. The molecule has 1 aliphatic rings. The Bertz CT molecular complexity index is 755. The Hall–Kier alpha value is -2.69. The van der Waals surface area contributed by atoms with Gasteiger partial charge in [-0.3, -0.25) is 0 Å². The third kappa shape index (κ3) is 3.40. The molecule has 0 unspecified atom stereocenters. The highest BCUT2D eigenvalue weighted by Crippen LogP contribution is 2.37. The fraction of sp³-hybridized carbons (Fsp3) is 0.350. The largest absolute Gasteiger partial charge is 0.378 e. The van der Waals surface area contributed by atoms with Gasteiger partial charge in [0.15, 0.2) is 5.84 Å². The highest BCUT2D eigenvalue weighted by Gasteiger charge is 2.27. The molecule has 0 spiro atoms. The van der Waals surface area contributed by atoms with Gasteiger partial charge in [0, 0.05) is 59.2 Å². The van der Waals surface area contributed by atoms with Crippen LogP contribution in [0, 0.1) is 0 Å². The number of amidine groups is 1. The minimum absolute atomic E-state index is 0.701. The van der Waals surface area contributed by atoms with Crippen molar-refractivity contribution in [2.75, 3.05) is 52.1 Å². The highest BCUT2D eigenvalue weighted by molar-refractivity contribution is 6.13. The molecule has 2 rings (SSSR count). The number of allylic oxidation sites excluding steroid dienone is 1. The standard InChI is InChI=1S/C20H29N5/c1-10-18-20(21-15(3)22(4)5)25(9)19-13-16(23(6)7)11-12-17(19)14(2)24(18)8/h10-13H,2-3H2,1,4-9H3/b18-10+,21-20+. The summed E-state index contributed by atoms with van der Waals surface area (Å²) < 4.78 is 0. The van der Waals surface area contributed by atoms with E-state index >= 15 is 0 Å². The molecular weight excluding hydrogens is 310 g/mol. The van der Waals surface area contributed by atoms with Crippen molar-refractivity contribution < 1.29 is 0 Å². The Morgan fingerprint density at radius 1 is 1.12 bits per heavy atom. The first-order valence-electron chi connectivity index (χ1n) is 8.28. The van der Waals surface area contributed by atoms with Crippen LogP contribution < -0.4 is 9.80 Å². The van der Waals surface area contributed by atoms with Crippen molar-refractivity contribution in [3.8, 4) is 0 Å². The highest BCUT2D eigenvalue weighted by atomic mass is 15.3. The molecule has 1 aromatic rings.